The van der Waals surface area contributed by atoms with Crippen molar-refractivity contribution < 1.29 is 4.79 Å². The summed E-state index contributed by atoms with van der Waals surface area (Å²) in [4.78, 5) is 14.5. The minimum absolute atomic E-state index is 0.0812. The molecule has 1 saturated carbocycles. The minimum atomic E-state index is -0.768. The van der Waals surface area contributed by atoms with E-state index in [9.17, 15) is 4.79 Å². The average Bonchev–Trinajstić information content (AvgIpc) is 3.52. The Hall–Kier alpha value is -3.13. The molecule has 1 aliphatic heterocycles. The summed E-state index contributed by atoms with van der Waals surface area (Å²) in [6, 6.07) is 17.7. The number of amides is 1. The summed E-state index contributed by atoms with van der Waals surface area (Å²) in [6.45, 7) is 1.95. The molecule has 0 aromatic heterocycles. The lowest BCUT2D eigenvalue weighted by atomic mass is 9.73. The molecule has 1 heterocycles. The minimum Gasteiger partial charge on any atom is -0.346 e. The molecular weight excluding hydrogens is 336 g/mol. The molecule has 2 atom stereocenters. The van der Waals surface area contributed by atoms with Crippen molar-refractivity contribution in [1.82, 2.24) is 10.2 Å². The van der Waals surface area contributed by atoms with Crippen LogP contribution in [0.15, 0.2) is 48.5 Å². The fourth-order valence-electron chi connectivity index (χ4n) is 3.94. The van der Waals surface area contributed by atoms with E-state index in [1.54, 1.807) is 19.2 Å². The summed E-state index contributed by atoms with van der Waals surface area (Å²) < 4.78 is 0. The highest BCUT2D eigenvalue weighted by Crippen LogP contribution is 2.43. The highest BCUT2D eigenvalue weighted by Gasteiger charge is 2.48. The van der Waals surface area contributed by atoms with Crippen molar-refractivity contribution in [2.24, 2.45) is 0 Å². The average molecular weight is 358 g/mol. The third-order valence-electron chi connectivity index (χ3n) is 5.80. The molecule has 2 aliphatic rings. The van der Waals surface area contributed by atoms with E-state index in [1.165, 1.54) is 23.3 Å². The summed E-state index contributed by atoms with van der Waals surface area (Å²) in [5.41, 5.74) is 2.95. The monoisotopic (exact) mass is 358 g/mol. The van der Waals surface area contributed by atoms with E-state index in [1.807, 2.05) is 31.2 Å². The first kappa shape index (κ1) is 17.3. The van der Waals surface area contributed by atoms with Gasteiger partial charge in [-0.15, -0.1) is 0 Å². The van der Waals surface area contributed by atoms with Gasteiger partial charge in [0.1, 0.15) is 0 Å². The standard InChI is InChI=1S/C22H22N4O/c1-22(18-11-3-14(13-23)4-12-18)19(20(27)26(2)21(24)25-22)17-9-7-16(8-10-17)15-5-6-15/h3-4,7-12,15,19H,5-6H2,1-2H3,(H2,24,25)/t19-,22-/m1/s1. The van der Waals surface area contributed by atoms with Crippen LogP contribution in [0.1, 0.15) is 53.9 Å². The Morgan fingerprint density at radius 2 is 1.70 bits per heavy atom. The normalized spacial score (nSPS) is 25.1. The molecule has 1 amide bonds. The van der Waals surface area contributed by atoms with Crippen molar-refractivity contribution in [3.63, 3.8) is 0 Å². The van der Waals surface area contributed by atoms with Crippen molar-refractivity contribution in [2.75, 3.05) is 7.05 Å². The molecule has 5 heteroatoms. The first-order chi connectivity index (χ1) is 12.9. The van der Waals surface area contributed by atoms with Crippen LogP contribution in [0.25, 0.3) is 0 Å². The van der Waals surface area contributed by atoms with E-state index < -0.39 is 11.5 Å². The Kier molecular flexibility index (Phi) is 4.00. The van der Waals surface area contributed by atoms with Gasteiger partial charge >= 0.3 is 0 Å². The number of carbonyl (C=O) groups is 1. The molecule has 0 spiro atoms. The third kappa shape index (κ3) is 2.87. The van der Waals surface area contributed by atoms with E-state index in [2.05, 4.69) is 23.5 Å². The second kappa shape index (κ2) is 6.24. The van der Waals surface area contributed by atoms with Crippen LogP contribution in [0.4, 0.5) is 0 Å². The van der Waals surface area contributed by atoms with Gasteiger partial charge in [-0.3, -0.25) is 15.1 Å². The number of nitrogens with zero attached hydrogens (tertiary/aromatic N) is 2. The number of rotatable bonds is 3. The van der Waals surface area contributed by atoms with E-state index in [0.29, 0.717) is 11.5 Å². The number of guanidine groups is 1. The first-order valence-electron chi connectivity index (χ1n) is 9.19. The lowest BCUT2D eigenvalue weighted by molar-refractivity contribution is -0.131. The topological polar surface area (TPSA) is 80.0 Å². The van der Waals surface area contributed by atoms with Crippen LogP contribution in [-0.4, -0.2) is 23.8 Å². The summed E-state index contributed by atoms with van der Waals surface area (Å²) >= 11 is 0. The molecular formula is C22H22N4O. The van der Waals surface area contributed by atoms with Gasteiger partial charge in [0.05, 0.1) is 23.1 Å². The molecule has 2 aromatic rings. The fourth-order valence-corrected chi connectivity index (χ4v) is 3.94. The zero-order valence-electron chi connectivity index (χ0n) is 15.5. The van der Waals surface area contributed by atoms with Crippen LogP contribution in [0, 0.1) is 16.7 Å². The molecule has 2 aromatic carbocycles. The zero-order valence-corrected chi connectivity index (χ0v) is 15.5. The maximum atomic E-state index is 13.2. The highest BCUT2D eigenvalue weighted by atomic mass is 16.2. The summed E-state index contributed by atoms with van der Waals surface area (Å²) in [5, 5.41) is 20.5. The second-order valence-corrected chi connectivity index (χ2v) is 7.64. The zero-order chi connectivity index (χ0) is 19.2. The van der Waals surface area contributed by atoms with Crippen LogP contribution in [0.2, 0.25) is 0 Å². The van der Waals surface area contributed by atoms with E-state index in [4.69, 9.17) is 10.7 Å². The van der Waals surface area contributed by atoms with Gasteiger partial charge < -0.3 is 5.32 Å². The largest absolute Gasteiger partial charge is 0.346 e. The Balaban J connectivity index is 1.78. The van der Waals surface area contributed by atoms with Crippen molar-refractivity contribution in [3.05, 3.63) is 70.8 Å². The van der Waals surface area contributed by atoms with Gasteiger partial charge in [-0.25, -0.2) is 0 Å². The van der Waals surface area contributed by atoms with Crippen LogP contribution >= 0.6 is 0 Å². The predicted molar refractivity (Wildman–Crippen MR) is 103 cm³/mol. The SMILES string of the molecule is CN1C(=N)N[C@](C)(c2ccc(C#N)cc2)[C@H](c2ccc(C3CC3)cc2)C1=O. The van der Waals surface area contributed by atoms with Gasteiger partial charge in [-0.1, -0.05) is 36.4 Å². The Morgan fingerprint density at radius 1 is 1.11 bits per heavy atom. The Labute approximate surface area is 159 Å². The fraction of sp³-hybridized carbons (Fsp3) is 0.318. The molecule has 1 saturated heterocycles. The maximum Gasteiger partial charge on any atom is 0.239 e. The predicted octanol–water partition coefficient (Wildman–Crippen LogP) is 3.43. The smallest absolute Gasteiger partial charge is 0.239 e. The third-order valence-corrected chi connectivity index (χ3v) is 5.80. The highest BCUT2D eigenvalue weighted by molar-refractivity contribution is 6.02. The van der Waals surface area contributed by atoms with Crippen molar-refractivity contribution in [2.45, 2.75) is 37.1 Å². The molecule has 27 heavy (non-hydrogen) atoms. The van der Waals surface area contributed by atoms with Crippen LogP contribution in [0.3, 0.4) is 0 Å². The maximum absolute atomic E-state index is 13.2. The van der Waals surface area contributed by atoms with Gasteiger partial charge in [-0.05, 0) is 54.5 Å². The number of nitriles is 1. The molecule has 2 fully saturated rings. The van der Waals surface area contributed by atoms with Crippen LogP contribution < -0.4 is 5.32 Å². The number of likely N-dealkylation sites (N-methyl/N-ethyl adjacent to an activating group) is 1. The second-order valence-electron chi connectivity index (χ2n) is 7.64. The van der Waals surface area contributed by atoms with Gasteiger partial charge in [0.25, 0.3) is 0 Å². The number of hydrogen-bond donors (Lipinski definition) is 2. The number of benzene rings is 2. The molecule has 1 aliphatic carbocycles. The van der Waals surface area contributed by atoms with Crippen molar-refractivity contribution >= 4 is 11.9 Å². The molecule has 136 valence electrons. The lowest BCUT2D eigenvalue weighted by Gasteiger charge is -2.46. The van der Waals surface area contributed by atoms with E-state index >= 15 is 0 Å². The van der Waals surface area contributed by atoms with Gasteiger partial charge in [0, 0.05) is 7.05 Å². The Bertz CT molecular complexity index is 938. The summed E-state index contributed by atoms with van der Waals surface area (Å²) in [7, 11) is 1.63. The van der Waals surface area contributed by atoms with E-state index in [0.717, 1.165) is 11.1 Å². The molecule has 2 N–H and O–H groups in total. The Morgan fingerprint density at radius 3 is 2.26 bits per heavy atom. The summed E-state index contributed by atoms with van der Waals surface area (Å²) in [6.07, 6.45) is 2.48. The molecule has 0 unspecified atom stereocenters. The van der Waals surface area contributed by atoms with Crippen LogP contribution in [0.5, 0.6) is 0 Å². The van der Waals surface area contributed by atoms with E-state index in [-0.39, 0.29) is 11.9 Å². The van der Waals surface area contributed by atoms with Crippen LogP contribution in [-0.2, 0) is 10.3 Å². The number of nitrogens with one attached hydrogen (secondary N) is 2. The number of hydrogen-bond acceptors (Lipinski definition) is 3. The van der Waals surface area contributed by atoms with Crippen molar-refractivity contribution in [1.29, 1.82) is 10.7 Å². The van der Waals surface area contributed by atoms with Gasteiger partial charge in [0.15, 0.2) is 5.96 Å². The molecule has 5 nitrogen and oxygen atoms in total. The number of carbonyl (C=O) groups excluding carboxylic acids is 1. The van der Waals surface area contributed by atoms with Gasteiger partial charge in [-0.2, -0.15) is 5.26 Å². The lowest BCUT2D eigenvalue weighted by Crippen LogP contribution is -2.62. The van der Waals surface area contributed by atoms with Crippen molar-refractivity contribution in [3.8, 4) is 6.07 Å². The molecule has 0 radical (unpaired) electrons. The quantitative estimate of drug-likeness (QED) is 0.882. The molecule has 0 bridgehead atoms. The van der Waals surface area contributed by atoms with Gasteiger partial charge in [0.2, 0.25) is 5.91 Å². The molecule has 4 rings (SSSR count). The first-order valence-corrected chi connectivity index (χ1v) is 9.19. The summed E-state index contributed by atoms with van der Waals surface area (Å²) in [5.74, 6) is 0.181.